The summed E-state index contributed by atoms with van der Waals surface area (Å²) in [5, 5.41) is 2.89. The third-order valence-electron chi connectivity index (χ3n) is 5.84. The van der Waals surface area contributed by atoms with Crippen LogP contribution in [0.3, 0.4) is 0 Å². The maximum Gasteiger partial charge on any atom is 0.268 e. The molecule has 0 radical (unpaired) electrons. The summed E-state index contributed by atoms with van der Waals surface area (Å²) in [5.41, 5.74) is 5.80. The Hall–Kier alpha value is -3.51. The Bertz CT molecular complexity index is 1280. The SMILES string of the molecule is CC1Oc2ccc(-c3csc(-c4ccccn4)n3)cc2N(Cc2ccc(C(C)C)cc2)C1=O. The molecule has 0 saturated carbocycles. The summed E-state index contributed by atoms with van der Waals surface area (Å²) >= 11 is 1.56. The number of aromatic nitrogens is 2. The van der Waals surface area contributed by atoms with Crippen molar-refractivity contribution < 1.29 is 9.53 Å². The van der Waals surface area contributed by atoms with Crippen LogP contribution < -0.4 is 9.64 Å². The minimum absolute atomic E-state index is 0.0416. The second-order valence-corrected chi connectivity index (χ2v) is 9.37. The topological polar surface area (TPSA) is 55.3 Å². The molecular weight excluding hydrogens is 430 g/mol. The first kappa shape index (κ1) is 21.3. The lowest BCUT2D eigenvalue weighted by Gasteiger charge is -2.33. The number of carbonyl (C=O) groups excluding carboxylic acids is 1. The first-order valence-electron chi connectivity index (χ1n) is 11.1. The van der Waals surface area contributed by atoms with E-state index in [1.165, 1.54) is 5.56 Å². The lowest BCUT2D eigenvalue weighted by Crippen LogP contribution is -2.44. The maximum atomic E-state index is 13.1. The molecule has 6 heteroatoms. The van der Waals surface area contributed by atoms with Crippen molar-refractivity contribution in [3.8, 4) is 27.7 Å². The molecule has 4 aromatic rings. The molecule has 3 heterocycles. The zero-order valence-electron chi connectivity index (χ0n) is 18.9. The van der Waals surface area contributed by atoms with Gasteiger partial charge in [-0.1, -0.05) is 44.2 Å². The fraction of sp³-hybridized carbons (Fsp3) is 0.222. The smallest absolute Gasteiger partial charge is 0.268 e. The quantitative estimate of drug-likeness (QED) is 0.354. The van der Waals surface area contributed by atoms with E-state index in [0.717, 1.165) is 33.2 Å². The van der Waals surface area contributed by atoms with Gasteiger partial charge < -0.3 is 9.64 Å². The minimum Gasteiger partial charge on any atom is -0.479 e. The summed E-state index contributed by atoms with van der Waals surface area (Å²) in [6.07, 6.45) is 1.25. The van der Waals surface area contributed by atoms with E-state index in [4.69, 9.17) is 9.72 Å². The van der Waals surface area contributed by atoms with Crippen molar-refractivity contribution in [2.45, 2.75) is 39.3 Å². The lowest BCUT2D eigenvalue weighted by atomic mass is 10.0. The Morgan fingerprint density at radius 2 is 1.88 bits per heavy atom. The van der Waals surface area contributed by atoms with Gasteiger partial charge >= 0.3 is 0 Å². The maximum absolute atomic E-state index is 13.1. The van der Waals surface area contributed by atoms with Gasteiger partial charge in [-0.25, -0.2) is 4.98 Å². The average Bonchev–Trinajstić information content (AvgIpc) is 3.33. The minimum atomic E-state index is -0.520. The molecule has 5 nitrogen and oxygen atoms in total. The molecule has 33 heavy (non-hydrogen) atoms. The van der Waals surface area contributed by atoms with Gasteiger partial charge in [-0.05, 0) is 54.3 Å². The van der Waals surface area contributed by atoms with Gasteiger partial charge in [-0.15, -0.1) is 11.3 Å². The first-order valence-corrected chi connectivity index (χ1v) is 12.0. The number of nitrogens with zero attached hydrogens (tertiary/aromatic N) is 3. The number of benzene rings is 2. The number of amides is 1. The summed E-state index contributed by atoms with van der Waals surface area (Å²) < 4.78 is 5.91. The van der Waals surface area contributed by atoms with E-state index in [9.17, 15) is 4.79 Å². The normalized spacial score (nSPS) is 15.5. The highest BCUT2D eigenvalue weighted by molar-refractivity contribution is 7.13. The van der Waals surface area contributed by atoms with Crippen molar-refractivity contribution >= 4 is 22.9 Å². The van der Waals surface area contributed by atoms with Crippen LogP contribution in [0.5, 0.6) is 5.75 Å². The van der Waals surface area contributed by atoms with Crippen molar-refractivity contribution in [2.75, 3.05) is 4.90 Å². The number of pyridine rings is 1. The highest BCUT2D eigenvalue weighted by atomic mass is 32.1. The Morgan fingerprint density at radius 1 is 1.06 bits per heavy atom. The molecule has 2 aromatic carbocycles. The van der Waals surface area contributed by atoms with Gasteiger partial charge in [0.05, 0.1) is 23.6 Å². The van der Waals surface area contributed by atoms with Gasteiger partial charge in [0.2, 0.25) is 0 Å². The largest absolute Gasteiger partial charge is 0.479 e. The van der Waals surface area contributed by atoms with Crippen LogP contribution in [0.1, 0.15) is 37.8 Å². The van der Waals surface area contributed by atoms with Gasteiger partial charge in [-0.3, -0.25) is 9.78 Å². The molecule has 166 valence electrons. The van der Waals surface area contributed by atoms with E-state index in [1.807, 2.05) is 46.7 Å². The number of anilines is 1. The molecule has 0 fully saturated rings. The van der Waals surface area contributed by atoms with Crippen LogP contribution in [0.25, 0.3) is 22.0 Å². The molecule has 1 amide bonds. The fourth-order valence-electron chi connectivity index (χ4n) is 3.93. The number of thiazole rings is 1. The van der Waals surface area contributed by atoms with Crippen molar-refractivity contribution in [1.29, 1.82) is 0 Å². The van der Waals surface area contributed by atoms with E-state index < -0.39 is 6.10 Å². The summed E-state index contributed by atoms with van der Waals surface area (Å²) in [7, 11) is 0. The van der Waals surface area contributed by atoms with E-state index in [2.05, 4.69) is 43.1 Å². The summed E-state index contributed by atoms with van der Waals surface area (Å²) in [6, 6.07) is 20.2. The van der Waals surface area contributed by atoms with E-state index in [0.29, 0.717) is 18.2 Å². The van der Waals surface area contributed by atoms with Crippen LogP contribution in [0.4, 0.5) is 5.69 Å². The number of rotatable bonds is 5. The molecule has 2 aromatic heterocycles. The first-order chi connectivity index (χ1) is 16.0. The van der Waals surface area contributed by atoms with Crippen LogP contribution >= 0.6 is 11.3 Å². The van der Waals surface area contributed by atoms with Gasteiger partial charge in [-0.2, -0.15) is 0 Å². The van der Waals surface area contributed by atoms with Gasteiger partial charge in [0, 0.05) is 17.1 Å². The lowest BCUT2D eigenvalue weighted by molar-refractivity contribution is -0.125. The van der Waals surface area contributed by atoms with Crippen molar-refractivity contribution in [2.24, 2.45) is 0 Å². The molecule has 0 spiro atoms. The van der Waals surface area contributed by atoms with E-state index in [1.54, 1.807) is 24.5 Å². The van der Waals surface area contributed by atoms with Crippen LogP contribution in [-0.2, 0) is 11.3 Å². The van der Waals surface area contributed by atoms with E-state index >= 15 is 0 Å². The van der Waals surface area contributed by atoms with E-state index in [-0.39, 0.29) is 5.91 Å². The van der Waals surface area contributed by atoms with Crippen LogP contribution in [0.2, 0.25) is 0 Å². The molecule has 0 bridgehead atoms. The predicted octanol–water partition coefficient (Wildman–Crippen LogP) is 6.31. The second-order valence-electron chi connectivity index (χ2n) is 8.52. The van der Waals surface area contributed by atoms with Crippen molar-refractivity contribution in [3.63, 3.8) is 0 Å². The molecule has 1 unspecified atom stereocenters. The Morgan fingerprint density at radius 3 is 2.61 bits per heavy atom. The molecule has 1 aliphatic heterocycles. The molecule has 0 N–H and O–H groups in total. The van der Waals surface area contributed by atoms with Crippen LogP contribution in [0.15, 0.2) is 72.2 Å². The molecule has 1 aliphatic rings. The molecular formula is C27H25N3O2S. The highest BCUT2D eigenvalue weighted by Gasteiger charge is 2.32. The number of hydrogen-bond acceptors (Lipinski definition) is 5. The summed E-state index contributed by atoms with van der Waals surface area (Å²) in [4.78, 5) is 24.1. The number of carbonyl (C=O) groups is 1. The van der Waals surface area contributed by atoms with Gasteiger partial charge in [0.1, 0.15) is 10.8 Å². The molecule has 0 saturated heterocycles. The Balaban J connectivity index is 1.48. The Kier molecular flexibility index (Phi) is 5.68. The zero-order chi connectivity index (χ0) is 22.9. The van der Waals surface area contributed by atoms with Crippen molar-refractivity contribution in [1.82, 2.24) is 9.97 Å². The van der Waals surface area contributed by atoms with Crippen molar-refractivity contribution in [3.05, 3.63) is 83.4 Å². The zero-order valence-corrected chi connectivity index (χ0v) is 19.7. The number of hydrogen-bond donors (Lipinski definition) is 0. The number of ether oxygens (including phenoxy) is 1. The fourth-order valence-corrected chi connectivity index (χ4v) is 4.74. The Labute approximate surface area is 197 Å². The number of fused-ring (bicyclic) bond motifs is 1. The second kappa shape index (κ2) is 8.79. The van der Waals surface area contributed by atoms with Crippen LogP contribution in [0, 0.1) is 0 Å². The van der Waals surface area contributed by atoms with Gasteiger partial charge in [0.15, 0.2) is 6.10 Å². The standard InChI is InChI=1S/C27H25N3O2S/c1-17(2)20-9-7-19(8-10-20)15-30-24-14-21(11-12-25(24)32-18(3)27(30)31)23-16-33-26(29-23)22-6-4-5-13-28-22/h4-14,16-18H,15H2,1-3H3. The highest BCUT2D eigenvalue weighted by Crippen LogP contribution is 2.39. The average molecular weight is 456 g/mol. The molecule has 0 aliphatic carbocycles. The van der Waals surface area contributed by atoms with Gasteiger partial charge in [0.25, 0.3) is 5.91 Å². The molecule has 5 rings (SSSR count). The third-order valence-corrected chi connectivity index (χ3v) is 6.70. The predicted molar refractivity (Wildman–Crippen MR) is 133 cm³/mol. The summed E-state index contributed by atoms with van der Waals surface area (Å²) in [5.74, 6) is 1.14. The monoisotopic (exact) mass is 455 g/mol. The van der Waals surface area contributed by atoms with Crippen LogP contribution in [-0.4, -0.2) is 22.0 Å². The third kappa shape index (κ3) is 4.26. The summed E-state index contributed by atoms with van der Waals surface area (Å²) in [6.45, 7) is 6.65. The molecule has 1 atom stereocenters.